The molecule has 2 aliphatic rings. The molecular formula is C19H23Cl2N3O4. The molecule has 1 aromatic rings. The molecule has 1 N–H and O–H groups in total. The van der Waals surface area contributed by atoms with Crippen molar-refractivity contribution < 1.29 is 19.4 Å². The van der Waals surface area contributed by atoms with E-state index < -0.39 is 17.6 Å². The lowest BCUT2D eigenvalue weighted by Crippen LogP contribution is -2.42. The molecule has 0 spiro atoms. The molecule has 28 heavy (non-hydrogen) atoms. The van der Waals surface area contributed by atoms with Gasteiger partial charge in [0.2, 0.25) is 0 Å². The zero-order chi connectivity index (χ0) is 20.3. The SMILES string of the molecule is CN(Cc1cc(Cl)cc(Cl)c1)C(=O)C1=C(O)C(=O)N(CCN2CCOCC2)C1. The first-order valence-corrected chi connectivity index (χ1v) is 9.82. The van der Waals surface area contributed by atoms with Crippen LogP contribution in [0.3, 0.4) is 0 Å². The molecular weight excluding hydrogens is 405 g/mol. The van der Waals surface area contributed by atoms with Crippen LogP contribution in [0.2, 0.25) is 10.0 Å². The van der Waals surface area contributed by atoms with E-state index in [9.17, 15) is 14.7 Å². The second-order valence-electron chi connectivity index (χ2n) is 6.95. The fourth-order valence-corrected chi connectivity index (χ4v) is 3.90. The summed E-state index contributed by atoms with van der Waals surface area (Å²) in [5.41, 5.74) is 0.879. The highest BCUT2D eigenvalue weighted by molar-refractivity contribution is 6.34. The average Bonchev–Trinajstić information content (AvgIpc) is 2.94. The molecule has 0 atom stereocenters. The van der Waals surface area contributed by atoms with Crippen LogP contribution >= 0.6 is 23.2 Å². The highest BCUT2D eigenvalue weighted by atomic mass is 35.5. The number of aliphatic hydroxyl groups is 1. The highest BCUT2D eigenvalue weighted by Gasteiger charge is 2.35. The second-order valence-corrected chi connectivity index (χ2v) is 7.82. The largest absolute Gasteiger partial charge is 0.503 e. The zero-order valence-corrected chi connectivity index (χ0v) is 17.2. The minimum absolute atomic E-state index is 0.106. The minimum atomic E-state index is -0.504. The Kier molecular flexibility index (Phi) is 6.82. The Morgan fingerprint density at radius 1 is 1.18 bits per heavy atom. The zero-order valence-electron chi connectivity index (χ0n) is 15.7. The number of hydrogen-bond acceptors (Lipinski definition) is 5. The summed E-state index contributed by atoms with van der Waals surface area (Å²) in [5.74, 6) is -1.37. The van der Waals surface area contributed by atoms with Crippen LogP contribution in [-0.2, 0) is 20.9 Å². The topological polar surface area (TPSA) is 73.3 Å². The van der Waals surface area contributed by atoms with Gasteiger partial charge in [-0.15, -0.1) is 0 Å². The Morgan fingerprint density at radius 2 is 1.82 bits per heavy atom. The van der Waals surface area contributed by atoms with E-state index in [0.717, 1.165) is 18.7 Å². The first-order chi connectivity index (χ1) is 13.3. The summed E-state index contributed by atoms with van der Waals surface area (Å²) in [5, 5.41) is 11.2. The van der Waals surface area contributed by atoms with Gasteiger partial charge in [0.1, 0.15) is 0 Å². The van der Waals surface area contributed by atoms with Gasteiger partial charge in [0.05, 0.1) is 25.3 Å². The maximum Gasteiger partial charge on any atom is 0.289 e. The van der Waals surface area contributed by atoms with Gasteiger partial charge in [0.15, 0.2) is 5.76 Å². The van der Waals surface area contributed by atoms with Crippen LogP contribution < -0.4 is 0 Å². The third-order valence-corrected chi connectivity index (χ3v) is 5.30. The molecule has 9 heteroatoms. The van der Waals surface area contributed by atoms with Crippen molar-refractivity contribution in [2.75, 3.05) is 53.0 Å². The lowest BCUT2D eigenvalue weighted by Gasteiger charge is -2.28. The van der Waals surface area contributed by atoms with Crippen LogP contribution in [0.15, 0.2) is 29.5 Å². The van der Waals surface area contributed by atoms with E-state index in [4.69, 9.17) is 27.9 Å². The van der Waals surface area contributed by atoms with Crippen molar-refractivity contribution in [3.05, 3.63) is 45.1 Å². The normalized spacial score (nSPS) is 18.1. The average molecular weight is 428 g/mol. The Bertz CT molecular complexity index is 773. The number of halogens is 2. The molecule has 152 valence electrons. The summed E-state index contributed by atoms with van der Waals surface area (Å²) in [6.45, 7) is 4.50. The number of aliphatic hydroxyl groups excluding tert-OH is 1. The lowest BCUT2D eigenvalue weighted by atomic mass is 10.2. The predicted molar refractivity (Wildman–Crippen MR) is 106 cm³/mol. The maximum absolute atomic E-state index is 12.8. The smallest absolute Gasteiger partial charge is 0.289 e. The molecule has 0 radical (unpaired) electrons. The molecule has 7 nitrogen and oxygen atoms in total. The van der Waals surface area contributed by atoms with Crippen LogP contribution in [0, 0.1) is 0 Å². The van der Waals surface area contributed by atoms with Gasteiger partial charge >= 0.3 is 0 Å². The van der Waals surface area contributed by atoms with Gasteiger partial charge < -0.3 is 19.6 Å². The summed E-state index contributed by atoms with van der Waals surface area (Å²) in [4.78, 5) is 30.2. The molecule has 3 rings (SSSR count). The van der Waals surface area contributed by atoms with Crippen LogP contribution in [0.1, 0.15) is 5.56 Å². The third-order valence-electron chi connectivity index (χ3n) is 4.86. The minimum Gasteiger partial charge on any atom is -0.503 e. The number of likely N-dealkylation sites (N-methyl/N-ethyl adjacent to an activating group) is 1. The van der Waals surface area contributed by atoms with E-state index in [-0.39, 0.29) is 18.7 Å². The molecule has 2 amide bonds. The molecule has 1 saturated heterocycles. The van der Waals surface area contributed by atoms with Crippen molar-refractivity contribution in [1.29, 1.82) is 0 Å². The van der Waals surface area contributed by atoms with Crippen molar-refractivity contribution in [3.8, 4) is 0 Å². The predicted octanol–water partition coefficient (Wildman–Crippen LogP) is 1.94. The van der Waals surface area contributed by atoms with Crippen molar-refractivity contribution in [2.24, 2.45) is 0 Å². The monoisotopic (exact) mass is 427 g/mol. The fourth-order valence-electron chi connectivity index (χ4n) is 3.33. The second kappa shape index (κ2) is 9.13. The van der Waals surface area contributed by atoms with Gasteiger partial charge in [-0.05, 0) is 23.8 Å². The fraction of sp³-hybridized carbons (Fsp3) is 0.474. The molecule has 2 heterocycles. The molecule has 0 aliphatic carbocycles. The Labute approximate surface area is 174 Å². The third kappa shape index (κ3) is 4.97. The molecule has 0 bridgehead atoms. The van der Waals surface area contributed by atoms with Gasteiger partial charge in [-0.2, -0.15) is 0 Å². The van der Waals surface area contributed by atoms with Crippen molar-refractivity contribution in [2.45, 2.75) is 6.54 Å². The number of amides is 2. The van der Waals surface area contributed by atoms with Crippen LogP contribution in [0.5, 0.6) is 0 Å². The van der Waals surface area contributed by atoms with Gasteiger partial charge in [0.25, 0.3) is 11.8 Å². The Hall–Kier alpha value is -1.80. The van der Waals surface area contributed by atoms with E-state index in [1.807, 2.05) is 0 Å². The van der Waals surface area contributed by atoms with Gasteiger partial charge in [0, 0.05) is 49.8 Å². The van der Waals surface area contributed by atoms with Crippen LogP contribution in [0.4, 0.5) is 0 Å². The summed E-state index contributed by atoms with van der Waals surface area (Å²) in [7, 11) is 1.61. The number of carbonyl (C=O) groups is 2. The number of hydrogen-bond donors (Lipinski definition) is 1. The van der Waals surface area contributed by atoms with E-state index >= 15 is 0 Å². The van der Waals surface area contributed by atoms with Crippen LogP contribution in [-0.4, -0.2) is 84.6 Å². The van der Waals surface area contributed by atoms with Gasteiger partial charge in [-0.25, -0.2) is 0 Å². The number of benzene rings is 1. The number of rotatable bonds is 6. The van der Waals surface area contributed by atoms with E-state index in [1.165, 1.54) is 9.80 Å². The Morgan fingerprint density at radius 3 is 2.46 bits per heavy atom. The van der Waals surface area contributed by atoms with E-state index in [1.54, 1.807) is 25.2 Å². The molecule has 0 unspecified atom stereocenters. The van der Waals surface area contributed by atoms with Crippen molar-refractivity contribution >= 4 is 35.0 Å². The first-order valence-electron chi connectivity index (χ1n) is 9.07. The van der Waals surface area contributed by atoms with E-state index in [0.29, 0.717) is 36.3 Å². The molecule has 2 aliphatic heterocycles. The number of nitrogens with zero attached hydrogens (tertiary/aromatic N) is 3. The molecule has 0 aromatic heterocycles. The lowest BCUT2D eigenvalue weighted by molar-refractivity contribution is -0.128. The summed E-state index contributed by atoms with van der Waals surface area (Å²) in [6.07, 6.45) is 0. The van der Waals surface area contributed by atoms with E-state index in [2.05, 4.69) is 4.90 Å². The summed E-state index contributed by atoms with van der Waals surface area (Å²) < 4.78 is 5.31. The highest BCUT2D eigenvalue weighted by Crippen LogP contribution is 2.22. The number of morpholine rings is 1. The van der Waals surface area contributed by atoms with Crippen molar-refractivity contribution in [3.63, 3.8) is 0 Å². The maximum atomic E-state index is 12.8. The quantitative estimate of drug-likeness (QED) is 0.750. The first kappa shape index (κ1) is 20.9. The van der Waals surface area contributed by atoms with Gasteiger partial charge in [-0.1, -0.05) is 23.2 Å². The summed E-state index contributed by atoms with van der Waals surface area (Å²) >= 11 is 12.0. The number of carbonyl (C=O) groups excluding carboxylic acids is 2. The van der Waals surface area contributed by atoms with Gasteiger partial charge in [-0.3, -0.25) is 14.5 Å². The molecule has 1 fully saturated rings. The molecule has 0 saturated carbocycles. The summed E-state index contributed by atoms with van der Waals surface area (Å²) in [6, 6.07) is 5.06. The number of ether oxygens (including phenoxy) is 1. The standard InChI is InChI=1S/C19H23Cl2N3O4/c1-22(11-13-8-14(20)10-15(21)9-13)18(26)16-12-24(19(27)17(16)25)3-2-23-4-6-28-7-5-23/h8-10,25H,2-7,11-12H2,1H3. The molecule has 1 aromatic carbocycles. The van der Waals surface area contributed by atoms with Crippen LogP contribution in [0.25, 0.3) is 0 Å². The van der Waals surface area contributed by atoms with Crippen molar-refractivity contribution in [1.82, 2.24) is 14.7 Å². The Balaban J connectivity index is 1.59.